The molecule has 0 spiro atoms. The first-order valence-electron chi connectivity index (χ1n) is 7.01. The molecule has 0 aliphatic carbocycles. The van der Waals surface area contributed by atoms with Crippen LogP contribution >= 0.6 is 0 Å². The predicted octanol–water partition coefficient (Wildman–Crippen LogP) is 3.34. The summed E-state index contributed by atoms with van der Waals surface area (Å²) in [6.45, 7) is 4.31. The highest BCUT2D eigenvalue weighted by Gasteiger charge is 2.21. The SMILES string of the molecule is CCCN(C(=O)c1cccc(C)c1O)c1ccccc1N. The number of carbonyl (C=O) groups excluding carboxylic acids is 1. The lowest BCUT2D eigenvalue weighted by Gasteiger charge is -2.24. The molecule has 4 heteroatoms. The summed E-state index contributed by atoms with van der Waals surface area (Å²) in [7, 11) is 0. The summed E-state index contributed by atoms with van der Waals surface area (Å²) in [6.07, 6.45) is 0.798. The number of aryl methyl sites for hydroxylation is 1. The van der Waals surface area contributed by atoms with Gasteiger partial charge >= 0.3 is 0 Å². The third-order valence-electron chi connectivity index (χ3n) is 3.39. The number of rotatable bonds is 4. The first-order valence-corrected chi connectivity index (χ1v) is 7.01. The van der Waals surface area contributed by atoms with E-state index in [-0.39, 0.29) is 11.7 Å². The van der Waals surface area contributed by atoms with Crippen molar-refractivity contribution in [2.45, 2.75) is 20.3 Å². The van der Waals surface area contributed by atoms with Crippen LogP contribution in [0.1, 0.15) is 29.3 Å². The van der Waals surface area contributed by atoms with E-state index in [1.165, 1.54) is 0 Å². The predicted molar refractivity (Wildman–Crippen MR) is 85.7 cm³/mol. The van der Waals surface area contributed by atoms with Crippen molar-refractivity contribution in [3.05, 3.63) is 53.6 Å². The van der Waals surface area contributed by atoms with E-state index in [4.69, 9.17) is 5.73 Å². The first-order chi connectivity index (χ1) is 10.1. The Hall–Kier alpha value is -2.49. The summed E-state index contributed by atoms with van der Waals surface area (Å²) in [5, 5.41) is 10.1. The van der Waals surface area contributed by atoms with Crippen molar-refractivity contribution >= 4 is 17.3 Å². The van der Waals surface area contributed by atoms with Gasteiger partial charge in [0.2, 0.25) is 0 Å². The van der Waals surface area contributed by atoms with Gasteiger partial charge in [-0.3, -0.25) is 4.79 Å². The van der Waals surface area contributed by atoms with Crippen molar-refractivity contribution in [2.24, 2.45) is 0 Å². The van der Waals surface area contributed by atoms with Gasteiger partial charge in [0.1, 0.15) is 5.75 Å². The van der Waals surface area contributed by atoms with E-state index in [9.17, 15) is 9.90 Å². The molecule has 2 aromatic rings. The van der Waals surface area contributed by atoms with Crippen molar-refractivity contribution in [1.29, 1.82) is 0 Å². The molecule has 0 fully saturated rings. The fraction of sp³-hybridized carbons (Fsp3) is 0.235. The van der Waals surface area contributed by atoms with Crippen LogP contribution in [-0.4, -0.2) is 17.6 Å². The Kier molecular flexibility index (Phi) is 4.48. The van der Waals surface area contributed by atoms with E-state index < -0.39 is 0 Å². The lowest BCUT2D eigenvalue weighted by molar-refractivity contribution is 0.0984. The zero-order valence-electron chi connectivity index (χ0n) is 12.3. The maximum atomic E-state index is 12.8. The van der Waals surface area contributed by atoms with Gasteiger partial charge in [0.05, 0.1) is 16.9 Å². The third-order valence-corrected chi connectivity index (χ3v) is 3.39. The second-order valence-corrected chi connectivity index (χ2v) is 4.99. The number of phenolic OH excluding ortho intramolecular Hbond substituents is 1. The lowest BCUT2D eigenvalue weighted by atomic mass is 10.1. The van der Waals surface area contributed by atoms with Crippen LogP contribution in [0.4, 0.5) is 11.4 Å². The molecule has 1 amide bonds. The van der Waals surface area contributed by atoms with Gasteiger partial charge in [0, 0.05) is 6.54 Å². The molecule has 0 aliphatic rings. The van der Waals surface area contributed by atoms with Crippen LogP contribution in [0.15, 0.2) is 42.5 Å². The maximum absolute atomic E-state index is 12.8. The minimum atomic E-state index is -0.240. The summed E-state index contributed by atoms with van der Waals surface area (Å²) in [6, 6.07) is 12.4. The standard InChI is InChI=1S/C17H20N2O2/c1-3-11-19(15-10-5-4-9-14(15)18)17(21)13-8-6-7-12(2)16(13)20/h4-10,20H,3,11,18H2,1-2H3. The monoisotopic (exact) mass is 284 g/mol. The Morgan fingerprint density at radius 2 is 1.90 bits per heavy atom. The molecule has 0 heterocycles. The zero-order valence-corrected chi connectivity index (χ0v) is 12.3. The summed E-state index contributed by atoms with van der Waals surface area (Å²) >= 11 is 0. The number of hydrogen-bond donors (Lipinski definition) is 2. The highest BCUT2D eigenvalue weighted by molar-refractivity contribution is 6.09. The summed E-state index contributed by atoms with van der Waals surface area (Å²) in [5.41, 5.74) is 8.18. The van der Waals surface area contributed by atoms with Gasteiger partial charge in [-0.15, -0.1) is 0 Å². The number of aromatic hydroxyl groups is 1. The molecule has 3 N–H and O–H groups in total. The molecule has 110 valence electrons. The number of benzene rings is 2. The summed E-state index contributed by atoms with van der Waals surface area (Å²) in [5.74, 6) is -0.214. The number of nitrogens with two attached hydrogens (primary N) is 1. The van der Waals surface area contributed by atoms with Gasteiger partial charge < -0.3 is 15.7 Å². The van der Waals surface area contributed by atoms with E-state index in [1.54, 1.807) is 36.1 Å². The molecule has 0 saturated carbocycles. The van der Waals surface area contributed by atoms with Gasteiger partial charge in [-0.2, -0.15) is 0 Å². The molecule has 0 unspecified atom stereocenters. The van der Waals surface area contributed by atoms with Crippen molar-refractivity contribution in [2.75, 3.05) is 17.2 Å². The summed E-state index contributed by atoms with van der Waals surface area (Å²) < 4.78 is 0. The number of phenols is 1. The third kappa shape index (κ3) is 2.99. The van der Waals surface area contributed by atoms with Crippen molar-refractivity contribution in [1.82, 2.24) is 0 Å². The average Bonchev–Trinajstić information content (AvgIpc) is 2.48. The van der Waals surface area contributed by atoms with Crippen LogP contribution in [0.3, 0.4) is 0 Å². The molecule has 0 aromatic heterocycles. The van der Waals surface area contributed by atoms with E-state index in [0.717, 1.165) is 6.42 Å². The molecule has 2 aromatic carbocycles. The Balaban J connectivity index is 2.46. The van der Waals surface area contributed by atoms with Crippen molar-refractivity contribution < 1.29 is 9.90 Å². The van der Waals surface area contributed by atoms with E-state index in [1.807, 2.05) is 25.1 Å². The smallest absolute Gasteiger partial charge is 0.262 e. The number of para-hydroxylation sites is 3. The second kappa shape index (κ2) is 6.31. The largest absolute Gasteiger partial charge is 0.507 e. The van der Waals surface area contributed by atoms with E-state index >= 15 is 0 Å². The van der Waals surface area contributed by atoms with Crippen LogP contribution in [0.25, 0.3) is 0 Å². The minimum absolute atomic E-state index is 0.0260. The van der Waals surface area contributed by atoms with Crippen LogP contribution in [0, 0.1) is 6.92 Å². The zero-order chi connectivity index (χ0) is 15.4. The number of hydrogen-bond acceptors (Lipinski definition) is 3. The molecule has 2 rings (SSSR count). The Bertz CT molecular complexity index is 653. The fourth-order valence-corrected chi connectivity index (χ4v) is 2.27. The molecule has 0 atom stereocenters. The normalized spacial score (nSPS) is 10.4. The molecular weight excluding hydrogens is 264 g/mol. The van der Waals surface area contributed by atoms with Gasteiger partial charge in [-0.1, -0.05) is 31.2 Å². The quantitative estimate of drug-likeness (QED) is 0.846. The Morgan fingerprint density at radius 1 is 1.19 bits per heavy atom. The van der Waals surface area contributed by atoms with E-state index in [0.29, 0.717) is 29.0 Å². The van der Waals surface area contributed by atoms with Gasteiger partial charge in [0.25, 0.3) is 5.91 Å². The molecule has 0 bridgehead atoms. The molecule has 21 heavy (non-hydrogen) atoms. The highest BCUT2D eigenvalue weighted by Crippen LogP contribution is 2.28. The fourth-order valence-electron chi connectivity index (χ4n) is 2.27. The van der Waals surface area contributed by atoms with Gasteiger partial charge in [0.15, 0.2) is 0 Å². The average molecular weight is 284 g/mol. The number of nitrogens with zero attached hydrogens (tertiary/aromatic N) is 1. The van der Waals surface area contributed by atoms with Crippen LogP contribution < -0.4 is 10.6 Å². The van der Waals surface area contributed by atoms with Crippen LogP contribution in [-0.2, 0) is 0 Å². The first kappa shape index (κ1) is 14.9. The molecule has 0 radical (unpaired) electrons. The van der Waals surface area contributed by atoms with Crippen LogP contribution in [0.5, 0.6) is 5.75 Å². The summed E-state index contributed by atoms with van der Waals surface area (Å²) in [4.78, 5) is 14.4. The Labute approximate surface area is 124 Å². The van der Waals surface area contributed by atoms with Gasteiger partial charge in [-0.05, 0) is 37.1 Å². The number of anilines is 2. The van der Waals surface area contributed by atoms with Crippen LogP contribution in [0.2, 0.25) is 0 Å². The molecule has 4 nitrogen and oxygen atoms in total. The number of nitrogen functional groups attached to an aromatic ring is 1. The maximum Gasteiger partial charge on any atom is 0.262 e. The highest BCUT2D eigenvalue weighted by atomic mass is 16.3. The van der Waals surface area contributed by atoms with Crippen molar-refractivity contribution in [3.63, 3.8) is 0 Å². The van der Waals surface area contributed by atoms with Gasteiger partial charge in [-0.25, -0.2) is 0 Å². The van der Waals surface area contributed by atoms with Crippen molar-refractivity contribution in [3.8, 4) is 5.75 Å². The molecule has 0 aliphatic heterocycles. The lowest BCUT2D eigenvalue weighted by Crippen LogP contribution is -2.32. The topological polar surface area (TPSA) is 66.6 Å². The molecular formula is C17H20N2O2. The number of amides is 1. The second-order valence-electron chi connectivity index (χ2n) is 4.99. The Morgan fingerprint density at radius 3 is 2.57 bits per heavy atom. The molecule has 0 saturated heterocycles. The number of carbonyl (C=O) groups is 1. The minimum Gasteiger partial charge on any atom is -0.507 e. The van der Waals surface area contributed by atoms with E-state index in [2.05, 4.69) is 0 Å².